The van der Waals surface area contributed by atoms with E-state index in [2.05, 4.69) is 13.2 Å². The molecule has 0 radical (unpaired) electrons. The Bertz CT molecular complexity index is 1800. The predicted octanol–water partition coefficient (Wildman–Crippen LogP) is 8.20. The molecule has 3 unspecified atom stereocenters. The Morgan fingerprint density at radius 1 is 0.644 bits per heavy atom. The van der Waals surface area contributed by atoms with Crippen molar-refractivity contribution in [3.05, 3.63) is 83.0 Å². The first-order valence-corrected chi connectivity index (χ1v) is 19.9. The molecule has 2 aliphatic rings. The number of piperidine rings is 2. The predicted molar refractivity (Wildman–Crippen MR) is 220 cm³/mol. The minimum atomic E-state index is -2.58. The number of hydrogen-bond acceptors (Lipinski definition) is 12. The highest BCUT2D eigenvalue weighted by Gasteiger charge is 2.67. The molecule has 2 aliphatic heterocycles. The van der Waals surface area contributed by atoms with E-state index in [1.165, 1.54) is 36.4 Å². The van der Waals surface area contributed by atoms with Crippen molar-refractivity contribution >= 4 is 17.8 Å². The van der Waals surface area contributed by atoms with E-state index >= 15 is 4.79 Å². The quantitative estimate of drug-likeness (QED) is 0.0563. The second-order valence-corrected chi connectivity index (χ2v) is 19.0. The fourth-order valence-corrected chi connectivity index (χ4v) is 10.9. The van der Waals surface area contributed by atoms with Crippen LogP contribution in [0.5, 0.6) is 11.5 Å². The zero-order valence-corrected chi connectivity index (χ0v) is 36.6. The number of phenols is 2. The summed E-state index contributed by atoms with van der Waals surface area (Å²) in [5.74, 6) is -2.72. The Balaban J connectivity index is 2.14. The highest BCUT2D eigenvalue weighted by Crippen LogP contribution is 2.58. The average molecular weight is 825 g/mol. The third kappa shape index (κ3) is 8.53. The third-order valence-electron chi connectivity index (χ3n) is 12.5. The molecule has 14 heteroatoms. The van der Waals surface area contributed by atoms with Gasteiger partial charge in [0.2, 0.25) is 11.8 Å². The Kier molecular flexibility index (Phi) is 13.6. The summed E-state index contributed by atoms with van der Waals surface area (Å²) < 4.78 is 6.57. The van der Waals surface area contributed by atoms with Crippen LogP contribution in [-0.2, 0) is 33.8 Å². The average Bonchev–Trinajstić information content (AvgIpc) is 3.10. The van der Waals surface area contributed by atoms with Gasteiger partial charge in [-0.3, -0.25) is 30.2 Å². The molecule has 4 rings (SSSR count). The van der Waals surface area contributed by atoms with Crippen LogP contribution >= 0.6 is 0 Å². The monoisotopic (exact) mass is 824 g/mol. The maximum absolute atomic E-state index is 16.0. The van der Waals surface area contributed by atoms with Crippen molar-refractivity contribution in [2.75, 3.05) is 0 Å². The second kappa shape index (κ2) is 17.0. The summed E-state index contributed by atoms with van der Waals surface area (Å²) in [4.78, 5) is 62.3. The molecule has 59 heavy (non-hydrogen) atoms. The number of phenolic OH excluding ortho intramolecular Hbond substituents is 2. The molecule has 3 atom stereocenters. The SMILES string of the molecule is C=CC(=O)N1C(C)(C)CC(OC(=O)C(C(OO)c2cc(C)c(O)c(C)c2)(C(OO)c2cc(C)c(O)c(C)c2)C(OO)C2CC(C)(C)N(C(=O)C=C)C(C)(C)C2)CC1(C)C. The van der Waals surface area contributed by atoms with Gasteiger partial charge in [0.1, 0.15) is 35.9 Å². The number of rotatable bonds is 13. The summed E-state index contributed by atoms with van der Waals surface area (Å²) in [6.07, 6.45) is -3.40. The zero-order valence-electron chi connectivity index (χ0n) is 36.6. The maximum Gasteiger partial charge on any atom is 0.321 e. The standard InChI is InChI=1S/C45H64N2O12/c1-15-33(48)46-41(7,8)21-31(22-42(46,9)10)39(59-55)45(37(57-53)29-17-25(3)35(50)26(4)18-29,38(58-54)30-19-27(5)36(51)28(6)20-30)40(52)56-32-23-43(11,12)47(34(49)16-2)44(13,14)24-32/h15-20,31-32,37-39,50-51,53-55H,1-2,21-24H2,3-14H3. The molecular weight excluding hydrogens is 760 g/mol. The van der Waals surface area contributed by atoms with E-state index in [0.717, 1.165) is 0 Å². The van der Waals surface area contributed by atoms with Crippen LogP contribution in [-0.4, -0.2) is 87.9 Å². The molecule has 0 aliphatic carbocycles. The Morgan fingerprint density at radius 3 is 1.25 bits per heavy atom. The number of nitrogens with zero attached hydrogens (tertiary/aromatic N) is 2. The summed E-state index contributed by atoms with van der Waals surface area (Å²) >= 11 is 0. The molecule has 2 fully saturated rings. The Labute approximate surface area is 347 Å². The van der Waals surface area contributed by atoms with Crippen molar-refractivity contribution in [3.8, 4) is 11.5 Å². The van der Waals surface area contributed by atoms with Gasteiger partial charge in [-0.2, -0.15) is 0 Å². The van der Waals surface area contributed by atoms with E-state index in [4.69, 9.17) is 19.4 Å². The van der Waals surface area contributed by atoms with Crippen LogP contribution in [0.3, 0.4) is 0 Å². The molecule has 5 N–H and O–H groups in total. The molecule has 2 saturated heterocycles. The molecule has 14 nitrogen and oxygen atoms in total. The van der Waals surface area contributed by atoms with Crippen molar-refractivity contribution in [2.24, 2.45) is 11.3 Å². The summed E-state index contributed by atoms with van der Waals surface area (Å²) in [5, 5.41) is 55.6. The minimum Gasteiger partial charge on any atom is -0.507 e. The van der Waals surface area contributed by atoms with Gasteiger partial charge < -0.3 is 24.7 Å². The van der Waals surface area contributed by atoms with E-state index in [1.54, 1.807) is 37.5 Å². The lowest BCUT2D eigenvalue weighted by Crippen LogP contribution is -2.67. The summed E-state index contributed by atoms with van der Waals surface area (Å²) in [5.41, 5.74) is -4.57. The van der Waals surface area contributed by atoms with Gasteiger partial charge in [-0.15, -0.1) is 0 Å². The number of carbonyl (C=O) groups excluding carboxylic acids is 3. The molecule has 0 bridgehead atoms. The van der Waals surface area contributed by atoms with Crippen LogP contribution in [0.4, 0.5) is 0 Å². The molecule has 0 aromatic heterocycles. The van der Waals surface area contributed by atoms with Gasteiger partial charge in [-0.25, -0.2) is 14.7 Å². The normalized spacial score (nSPS) is 21.5. The Hall–Kier alpha value is -4.31. The molecule has 326 valence electrons. The van der Waals surface area contributed by atoms with E-state index in [-0.39, 0.29) is 60.1 Å². The summed E-state index contributed by atoms with van der Waals surface area (Å²) in [7, 11) is 0. The largest absolute Gasteiger partial charge is 0.507 e. The first kappa shape index (κ1) is 47.4. The lowest BCUT2D eigenvalue weighted by Gasteiger charge is -2.58. The number of esters is 1. The fourth-order valence-electron chi connectivity index (χ4n) is 10.9. The maximum atomic E-state index is 16.0. The molecular formula is C45H64N2O12. The van der Waals surface area contributed by atoms with Crippen LogP contribution in [0.15, 0.2) is 49.6 Å². The fraction of sp³-hybridized carbons (Fsp3) is 0.578. The Morgan fingerprint density at radius 2 is 0.966 bits per heavy atom. The molecule has 2 aromatic rings. The zero-order chi connectivity index (χ0) is 44.8. The first-order chi connectivity index (χ1) is 27.2. The minimum absolute atomic E-state index is 0.0543. The van der Waals surface area contributed by atoms with Gasteiger partial charge in [0.15, 0.2) is 5.41 Å². The van der Waals surface area contributed by atoms with Gasteiger partial charge in [0, 0.05) is 35.0 Å². The third-order valence-corrected chi connectivity index (χ3v) is 12.5. The molecule has 2 amide bonds. The second-order valence-electron chi connectivity index (χ2n) is 19.0. The van der Waals surface area contributed by atoms with E-state index in [9.17, 15) is 35.6 Å². The topological polar surface area (TPSA) is 196 Å². The van der Waals surface area contributed by atoms with Crippen molar-refractivity contribution in [2.45, 2.75) is 155 Å². The lowest BCUT2D eigenvalue weighted by molar-refractivity contribution is -0.403. The van der Waals surface area contributed by atoms with Gasteiger partial charge in [-0.1, -0.05) is 13.2 Å². The lowest BCUT2D eigenvalue weighted by atomic mass is 9.60. The molecule has 0 saturated carbocycles. The van der Waals surface area contributed by atoms with Crippen LogP contribution in [0, 0.1) is 39.0 Å². The van der Waals surface area contributed by atoms with Crippen molar-refractivity contribution in [3.63, 3.8) is 0 Å². The first-order valence-electron chi connectivity index (χ1n) is 19.9. The van der Waals surface area contributed by atoms with Gasteiger partial charge >= 0.3 is 5.97 Å². The smallest absolute Gasteiger partial charge is 0.321 e. The van der Waals surface area contributed by atoms with Crippen LogP contribution in [0.2, 0.25) is 0 Å². The van der Waals surface area contributed by atoms with Gasteiger partial charge in [0.25, 0.3) is 0 Å². The van der Waals surface area contributed by atoms with Crippen molar-refractivity contribution < 1.29 is 59.8 Å². The molecule has 2 aromatic carbocycles. The summed E-state index contributed by atoms with van der Waals surface area (Å²) in [6.45, 7) is 28.6. The highest BCUT2D eigenvalue weighted by molar-refractivity contribution is 5.89. The number of amides is 2. The molecule has 0 spiro atoms. The number of aryl methyl sites for hydroxylation is 4. The van der Waals surface area contributed by atoms with E-state index < -0.39 is 63.9 Å². The van der Waals surface area contributed by atoms with Crippen molar-refractivity contribution in [1.29, 1.82) is 0 Å². The highest BCUT2D eigenvalue weighted by atomic mass is 17.1. The summed E-state index contributed by atoms with van der Waals surface area (Å²) in [6, 6.07) is 5.97. The number of hydrogen-bond donors (Lipinski definition) is 5. The van der Waals surface area contributed by atoms with E-state index in [1.807, 2.05) is 55.4 Å². The number of likely N-dealkylation sites (tertiary alicyclic amines) is 2. The number of aromatic hydroxyl groups is 2. The molecule has 2 heterocycles. The van der Waals surface area contributed by atoms with E-state index in [0.29, 0.717) is 22.3 Å². The number of carbonyl (C=O) groups is 3. The van der Waals surface area contributed by atoms with Crippen molar-refractivity contribution in [1.82, 2.24) is 9.80 Å². The van der Waals surface area contributed by atoms with Crippen LogP contribution < -0.4 is 0 Å². The van der Waals surface area contributed by atoms with Gasteiger partial charge in [-0.05, 0) is 172 Å². The van der Waals surface area contributed by atoms with Gasteiger partial charge in [0.05, 0.1) is 0 Å². The van der Waals surface area contributed by atoms with Crippen LogP contribution in [0.1, 0.15) is 127 Å². The number of ether oxygens (including phenoxy) is 1. The van der Waals surface area contributed by atoms with Crippen LogP contribution in [0.25, 0.3) is 0 Å². The number of benzene rings is 2.